The van der Waals surface area contributed by atoms with Gasteiger partial charge >= 0.3 is 0 Å². The zero-order valence-corrected chi connectivity index (χ0v) is 34.5. The van der Waals surface area contributed by atoms with E-state index in [9.17, 15) is 0 Å². The van der Waals surface area contributed by atoms with E-state index in [2.05, 4.69) is 220 Å². The molecule has 0 N–H and O–H groups in total. The standard InChI is InChI=1S/C58H37N5O/c1-4-18-38(19-5-1)55-56(39-20-6-2-7-21-39)60-58(57(59-55)40-22-8-3-9-23-40)63-51-34-32-41(61-47-28-14-10-24-43(47)44-25-11-15-29-48(44)61)36-53(51)64-54-37-42(33-35-52(54)63)62-49-30-16-12-26-45(49)46-27-13-17-31-50(46)62/h1-37H. The van der Waals surface area contributed by atoms with Crippen LogP contribution in [0.15, 0.2) is 224 Å². The molecule has 300 valence electrons. The summed E-state index contributed by atoms with van der Waals surface area (Å²) in [5.74, 6) is 2.12. The Morgan fingerprint density at radius 1 is 0.312 bits per heavy atom. The first-order valence-electron chi connectivity index (χ1n) is 21.6. The monoisotopic (exact) mass is 819 g/mol. The van der Waals surface area contributed by atoms with Crippen molar-refractivity contribution >= 4 is 60.8 Å². The molecule has 3 aromatic heterocycles. The van der Waals surface area contributed by atoms with Crippen molar-refractivity contribution in [3.63, 3.8) is 0 Å². The highest BCUT2D eigenvalue weighted by molar-refractivity contribution is 6.10. The number of hydrogen-bond acceptors (Lipinski definition) is 4. The Hall–Kier alpha value is -8.74. The van der Waals surface area contributed by atoms with Crippen LogP contribution >= 0.6 is 0 Å². The zero-order chi connectivity index (χ0) is 42.1. The van der Waals surface area contributed by atoms with Crippen LogP contribution in [0.2, 0.25) is 0 Å². The lowest BCUT2D eigenvalue weighted by atomic mass is 10.0. The van der Waals surface area contributed by atoms with Gasteiger partial charge in [-0.15, -0.1) is 0 Å². The van der Waals surface area contributed by atoms with Crippen LogP contribution in [0.25, 0.3) is 88.8 Å². The van der Waals surface area contributed by atoms with Crippen LogP contribution in [0.5, 0.6) is 11.5 Å². The minimum atomic E-state index is 0.699. The topological polar surface area (TPSA) is 48.1 Å². The molecule has 1 aliphatic heterocycles. The summed E-state index contributed by atoms with van der Waals surface area (Å²) in [6.45, 7) is 0. The lowest BCUT2D eigenvalue weighted by Gasteiger charge is -2.34. The second kappa shape index (κ2) is 14.4. The number of anilines is 3. The average Bonchev–Trinajstić information content (AvgIpc) is 3.89. The van der Waals surface area contributed by atoms with Gasteiger partial charge in [0.25, 0.3) is 0 Å². The molecule has 0 radical (unpaired) electrons. The Morgan fingerprint density at radius 2 is 0.656 bits per heavy atom. The van der Waals surface area contributed by atoms with E-state index in [0.717, 1.165) is 78.6 Å². The molecule has 0 atom stereocenters. The second-order valence-corrected chi connectivity index (χ2v) is 16.2. The van der Waals surface area contributed by atoms with Gasteiger partial charge in [-0.3, -0.25) is 4.90 Å². The molecule has 64 heavy (non-hydrogen) atoms. The third-order valence-corrected chi connectivity index (χ3v) is 12.5. The van der Waals surface area contributed by atoms with Crippen LogP contribution in [-0.4, -0.2) is 19.1 Å². The maximum Gasteiger partial charge on any atom is 0.165 e. The normalized spacial score (nSPS) is 12.2. The van der Waals surface area contributed by atoms with Crippen molar-refractivity contribution in [3.05, 3.63) is 224 Å². The number of benzene rings is 9. The van der Waals surface area contributed by atoms with Crippen molar-refractivity contribution in [2.24, 2.45) is 0 Å². The van der Waals surface area contributed by atoms with Crippen molar-refractivity contribution in [1.82, 2.24) is 19.1 Å². The highest BCUT2D eigenvalue weighted by Crippen LogP contribution is 2.54. The summed E-state index contributed by atoms with van der Waals surface area (Å²) in [7, 11) is 0. The molecular formula is C58H37N5O. The maximum absolute atomic E-state index is 7.19. The van der Waals surface area contributed by atoms with Crippen LogP contribution in [0, 0.1) is 0 Å². The third-order valence-electron chi connectivity index (χ3n) is 12.5. The number of hydrogen-bond donors (Lipinski definition) is 0. The molecular weight excluding hydrogens is 783 g/mol. The van der Waals surface area contributed by atoms with Crippen LogP contribution in [0.3, 0.4) is 0 Å². The molecule has 6 nitrogen and oxygen atoms in total. The quantitative estimate of drug-likeness (QED) is 0.168. The largest absolute Gasteiger partial charge is 0.453 e. The molecule has 0 spiro atoms. The lowest BCUT2D eigenvalue weighted by Crippen LogP contribution is -2.19. The fourth-order valence-corrected chi connectivity index (χ4v) is 9.66. The van der Waals surface area contributed by atoms with Crippen LogP contribution < -0.4 is 9.64 Å². The van der Waals surface area contributed by atoms with E-state index in [1.54, 1.807) is 0 Å². The van der Waals surface area contributed by atoms with E-state index in [1.165, 1.54) is 21.5 Å². The average molecular weight is 820 g/mol. The number of ether oxygens (including phenoxy) is 1. The van der Waals surface area contributed by atoms with Gasteiger partial charge in [-0.25, -0.2) is 9.97 Å². The number of para-hydroxylation sites is 4. The fraction of sp³-hybridized carbons (Fsp3) is 0. The molecule has 13 rings (SSSR count). The molecule has 0 fully saturated rings. The number of nitrogens with zero attached hydrogens (tertiary/aromatic N) is 5. The van der Waals surface area contributed by atoms with Gasteiger partial charge in [0.05, 0.1) is 56.2 Å². The Labute approximate surface area is 369 Å². The Balaban J connectivity index is 1.10. The van der Waals surface area contributed by atoms with E-state index < -0.39 is 0 Å². The zero-order valence-electron chi connectivity index (χ0n) is 34.5. The van der Waals surface area contributed by atoms with Crippen molar-refractivity contribution in [2.45, 2.75) is 0 Å². The van der Waals surface area contributed by atoms with Crippen LogP contribution in [0.4, 0.5) is 17.2 Å². The van der Waals surface area contributed by atoms with Gasteiger partial charge in [0.2, 0.25) is 0 Å². The van der Waals surface area contributed by atoms with Crippen molar-refractivity contribution in [3.8, 4) is 56.6 Å². The summed E-state index contributed by atoms with van der Waals surface area (Å²) in [4.78, 5) is 13.6. The summed E-state index contributed by atoms with van der Waals surface area (Å²) < 4.78 is 11.9. The summed E-state index contributed by atoms with van der Waals surface area (Å²) >= 11 is 0. The minimum absolute atomic E-state index is 0.699. The molecule has 0 saturated heterocycles. The van der Waals surface area contributed by atoms with Crippen molar-refractivity contribution in [2.75, 3.05) is 4.90 Å². The third kappa shape index (κ3) is 5.59. The molecule has 0 saturated carbocycles. The Kier molecular flexibility index (Phi) is 8.11. The van der Waals surface area contributed by atoms with E-state index in [4.69, 9.17) is 14.7 Å². The summed E-state index contributed by atoms with van der Waals surface area (Å²) in [6, 6.07) is 78.6. The summed E-state index contributed by atoms with van der Waals surface area (Å²) in [6.07, 6.45) is 0. The SMILES string of the molecule is c1ccc(-c2nc(-c3ccccc3)c(N3c4ccc(-n5c6ccccc6c6ccccc65)cc4Oc4cc(-n5c6ccccc6c6ccccc65)ccc43)nc2-c2ccccc2)cc1. The first kappa shape index (κ1) is 36.0. The maximum atomic E-state index is 7.19. The highest BCUT2D eigenvalue weighted by Gasteiger charge is 2.32. The van der Waals surface area contributed by atoms with Gasteiger partial charge in [-0.2, -0.15) is 0 Å². The van der Waals surface area contributed by atoms with Gasteiger partial charge in [-0.1, -0.05) is 164 Å². The predicted molar refractivity (Wildman–Crippen MR) is 262 cm³/mol. The van der Waals surface area contributed by atoms with Crippen molar-refractivity contribution in [1.29, 1.82) is 0 Å². The Bertz CT molecular complexity index is 3490. The molecule has 0 unspecified atom stereocenters. The van der Waals surface area contributed by atoms with E-state index in [-0.39, 0.29) is 0 Å². The number of fused-ring (bicyclic) bond motifs is 8. The van der Waals surface area contributed by atoms with Gasteiger partial charge < -0.3 is 13.9 Å². The fourth-order valence-electron chi connectivity index (χ4n) is 9.66. The highest BCUT2D eigenvalue weighted by atomic mass is 16.5. The van der Waals surface area contributed by atoms with Crippen LogP contribution in [0.1, 0.15) is 0 Å². The predicted octanol–water partition coefficient (Wildman–Crippen LogP) is 15.2. The number of aromatic nitrogens is 4. The molecule has 0 aliphatic carbocycles. The van der Waals surface area contributed by atoms with E-state index >= 15 is 0 Å². The first-order chi connectivity index (χ1) is 31.8. The summed E-state index contributed by atoms with van der Waals surface area (Å²) in [5, 5.41) is 4.81. The molecule has 6 heteroatoms. The molecule has 9 aromatic carbocycles. The van der Waals surface area contributed by atoms with Gasteiger partial charge in [0.15, 0.2) is 17.3 Å². The Morgan fingerprint density at radius 3 is 1.06 bits per heavy atom. The molecule has 12 aromatic rings. The minimum Gasteiger partial charge on any atom is -0.453 e. The van der Waals surface area contributed by atoms with E-state index in [1.807, 2.05) is 18.2 Å². The second-order valence-electron chi connectivity index (χ2n) is 16.2. The van der Waals surface area contributed by atoms with Crippen LogP contribution in [-0.2, 0) is 0 Å². The molecule has 1 aliphatic rings. The van der Waals surface area contributed by atoms with E-state index in [0.29, 0.717) is 17.3 Å². The first-order valence-corrected chi connectivity index (χ1v) is 21.6. The summed E-state index contributed by atoms with van der Waals surface area (Å²) in [5.41, 5.74) is 13.5. The molecule has 0 amide bonds. The lowest BCUT2D eigenvalue weighted by molar-refractivity contribution is 0.476. The van der Waals surface area contributed by atoms with Gasteiger partial charge in [0.1, 0.15) is 5.69 Å². The molecule has 0 bridgehead atoms. The number of rotatable bonds is 6. The van der Waals surface area contributed by atoms with Gasteiger partial charge in [-0.05, 0) is 48.5 Å². The van der Waals surface area contributed by atoms with Gasteiger partial charge in [0, 0.05) is 50.4 Å². The molecule has 4 heterocycles. The smallest absolute Gasteiger partial charge is 0.165 e. The van der Waals surface area contributed by atoms with Crippen molar-refractivity contribution < 1.29 is 4.74 Å².